The minimum absolute atomic E-state index is 0.0241. The lowest BCUT2D eigenvalue weighted by molar-refractivity contribution is -0.110. The predicted octanol–water partition coefficient (Wildman–Crippen LogP) is 1.18. The number of phenolic OH excluding ortho intramolecular Hbond substituents is 1. The van der Waals surface area contributed by atoms with Crippen molar-refractivity contribution in [3.05, 3.63) is 53.8 Å². The number of carbonyl (C=O) groups excluding carboxylic acids is 1. The van der Waals surface area contributed by atoms with Crippen LogP contribution in [-0.4, -0.2) is 31.9 Å². The summed E-state index contributed by atoms with van der Waals surface area (Å²) in [4.78, 5) is 29.6. The first kappa shape index (κ1) is 17.4. The van der Waals surface area contributed by atoms with Crippen LogP contribution in [0.15, 0.2) is 48.2 Å². The van der Waals surface area contributed by atoms with Gasteiger partial charge in [-0.1, -0.05) is 25.1 Å². The molecule has 8 heteroatoms. The minimum Gasteiger partial charge on any atom is -0.508 e. The average molecular weight is 339 g/mol. The molecule has 0 radical (unpaired) electrons. The van der Waals surface area contributed by atoms with E-state index in [0.717, 1.165) is 11.6 Å². The van der Waals surface area contributed by atoms with E-state index in [4.69, 9.17) is 9.79 Å². The van der Waals surface area contributed by atoms with Crippen LogP contribution in [0.4, 0.5) is 0 Å². The Labute approximate surface area is 133 Å². The highest BCUT2D eigenvalue weighted by Crippen LogP contribution is 2.36. The number of aliphatic hydroxyl groups is 1. The maximum Gasteiger partial charge on any atom is 0.427 e. The molecule has 3 unspecified atom stereocenters. The summed E-state index contributed by atoms with van der Waals surface area (Å²) in [6.07, 6.45) is 2.72. The molecule has 0 bridgehead atoms. The molecule has 0 aromatic heterocycles. The number of benzene rings is 1. The molecular weight excluding hydrogens is 321 g/mol. The highest BCUT2D eigenvalue weighted by Gasteiger charge is 2.31. The van der Waals surface area contributed by atoms with Crippen LogP contribution in [0.2, 0.25) is 0 Å². The molecule has 5 N–H and O–H groups in total. The van der Waals surface area contributed by atoms with Crippen LogP contribution in [0.5, 0.6) is 5.75 Å². The van der Waals surface area contributed by atoms with Gasteiger partial charge in [0.25, 0.3) is 0 Å². The Morgan fingerprint density at radius 1 is 1.22 bits per heavy atom. The lowest BCUT2D eigenvalue weighted by Gasteiger charge is -2.30. The molecule has 124 valence electrons. The second-order valence-corrected chi connectivity index (χ2v) is 6.73. The Bertz CT molecular complexity index is 690. The Morgan fingerprint density at radius 2 is 1.83 bits per heavy atom. The van der Waals surface area contributed by atoms with E-state index in [1.807, 2.05) is 5.09 Å². The predicted molar refractivity (Wildman–Crippen MR) is 83.4 cm³/mol. The molecule has 7 nitrogen and oxygen atoms in total. The number of rotatable bonds is 5. The first-order valence-corrected chi connectivity index (χ1v) is 8.53. The number of ketones is 1. The van der Waals surface area contributed by atoms with Crippen LogP contribution in [0, 0.1) is 5.92 Å². The summed E-state index contributed by atoms with van der Waals surface area (Å²) in [6.45, 7) is 1.75. The molecular formula is C15H18NO6P. The molecule has 2 rings (SSSR count). The smallest absolute Gasteiger partial charge is 0.427 e. The van der Waals surface area contributed by atoms with Crippen LogP contribution in [0.3, 0.4) is 0 Å². The summed E-state index contributed by atoms with van der Waals surface area (Å²) in [7, 11) is -4.60. The zero-order valence-electron chi connectivity index (χ0n) is 12.3. The quantitative estimate of drug-likeness (QED) is 0.510. The summed E-state index contributed by atoms with van der Waals surface area (Å²) in [5.74, 6) is -1.46. The van der Waals surface area contributed by atoms with Crippen molar-refractivity contribution in [3.63, 3.8) is 0 Å². The van der Waals surface area contributed by atoms with Gasteiger partial charge in [0.15, 0.2) is 5.78 Å². The van der Waals surface area contributed by atoms with Gasteiger partial charge in [0.2, 0.25) is 0 Å². The zero-order valence-corrected chi connectivity index (χ0v) is 13.2. The van der Waals surface area contributed by atoms with Gasteiger partial charge in [-0.25, -0.2) is 4.57 Å². The van der Waals surface area contributed by atoms with Crippen molar-refractivity contribution in [1.82, 2.24) is 5.09 Å². The molecule has 1 aliphatic rings. The molecule has 1 aliphatic carbocycles. The molecule has 0 fully saturated rings. The average Bonchev–Trinajstić information content (AvgIpc) is 2.45. The lowest BCUT2D eigenvalue weighted by atomic mass is 9.83. The number of aromatic hydroxyl groups is 1. The standard InChI is InChI=1S/C15H18NO6P/c1-9(10-2-4-11(17)5-3-10)15(19)13-7-6-12(18)8-14(13)16-23(20,21)22/h2-9,13,15,17,19H,1H3,(H3,16,20,21,22). The molecule has 1 aromatic carbocycles. The number of phenols is 1. The highest BCUT2D eigenvalue weighted by molar-refractivity contribution is 7.49. The van der Waals surface area contributed by atoms with E-state index in [1.165, 1.54) is 24.3 Å². The van der Waals surface area contributed by atoms with Crippen LogP contribution in [-0.2, 0) is 9.36 Å². The van der Waals surface area contributed by atoms with Gasteiger partial charge in [-0.05, 0) is 23.8 Å². The maximum absolute atomic E-state index is 11.4. The summed E-state index contributed by atoms with van der Waals surface area (Å²) < 4.78 is 11.1. The second-order valence-electron chi connectivity index (χ2n) is 5.41. The Hall–Kier alpha value is -1.92. The topological polar surface area (TPSA) is 127 Å². The summed E-state index contributed by atoms with van der Waals surface area (Å²) >= 11 is 0. The van der Waals surface area contributed by atoms with Gasteiger partial charge in [-0.3, -0.25) is 9.88 Å². The summed E-state index contributed by atoms with van der Waals surface area (Å²) in [5, 5.41) is 21.9. The summed E-state index contributed by atoms with van der Waals surface area (Å²) in [6, 6.07) is 6.29. The Balaban J connectivity index is 2.24. The molecule has 0 aliphatic heterocycles. The number of nitrogens with one attached hydrogen (secondary N) is 1. The Morgan fingerprint density at radius 3 is 2.39 bits per heavy atom. The van der Waals surface area contributed by atoms with Crippen LogP contribution >= 0.6 is 7.75 Å². The van der Waals surface area contributed by atoms with E-state index in [9.17, 15) is 19.6 Å². The monoisotopic (exact) mass is 339 g/mol. The fourth-order valence-corrected chi connectivity index (χ4v) is 3.01. The third-order valence-electron chi connectivity index (χ3n) is 3.70. The summed E-state index contributed by atoms with van der Waals surface area (Å²) in [5.41, 5.74) is 0.722. The fourth-order valence-electron chi connectivity index (χ4n) is 2.46. The Kier molecular flexibility index (Phi) is 5.06. The SMILES string of the molecule is CC(c1ccc(O)cc1)C(O)C1C=CC(=O)C=C1NP(=O)(O)O. The van der Waals surface area contributed by atoms with E-state index < -0.39 is 25.6 Å². The van der Waals surface area contributed by atoms with Crippen molar-refractivity contribution >= 4 is 13.5 Å². The molecule has 0 amide bonds. The van der Waals surface area contributed by atoms with E-state index in [0.29, 0.717) is 0 Å². The maximum atomic E-state index is 11.4. The number of hydrogen-bond acceptors (Lipinski definition) is 4. The lowest BCUT2D eigenvalue weighted by Crippen LogP contribution is -2.32. The number of carbonyl (C=O) groups is 1. The molecule has 3 atom stereocenters. The van der Waals surface area contributed by atoms with Crippen molar-refractivity contribution in [3.8, 4) is 5.75 Å². The normalized spacial score (nSPS) is 20.8. The van der Waals surface area contributed by atoms with Gasteiger partial charge >= 0.3 is 7.75 Å². The van der Waals surface area contributed by atoms with Gasteiger partial charge in [0.05, 0.1) is 6.10 Å². The molecule has 0 saturated heterocycles. The molecule has 23 heavy (non-hydrogen) atoms. The van der Waals surface area contributed by atoms with Crippen LogP contribution < -0.4 is 5.09 Å². The molecule has 0 spiro atoms. The van der Waals surface area contributed by atoms with Crippen molar-refractivity contribution in [2.24, 2.45) is 5.92 Å². The van der Waals surface area contributed by atoms with E-state index >= 15 is 0 Å². The molecule has 1 aromatic rings. The fraction of sp³-hybridized carbons (Fsp3) is 0.267. The van der Waals surface area contributed by atoms with Gasteiger partial charge in [0, 0.05) is 23.6 Å². The second kappa shape index (κ2) is 6.68. The number of allylic oxidation sites excluding steroid dienone is 2. The molecule has 0 saturated carbocycles. The largest absolute Gasteiger partial charge is 0.508 e. The molecule has 0 heterocycles. The van der Waals surface area contributed by atoms with Gasteiger partial charge in [0.1, 0.15) is 5.75 Å². The van der Waals surface area contributed by atoms with Crippen molar-refractivity contribution < 1.29 is 29.4 Å². The van der Waals surface area contributed by atoms with E-state index in [2.05, 4.69) is 0 Å². The zero-order chi connectivity index (χ0) is 17.2. The third-order valence-corrected chi connectivity index (χ3v) is 4.25. The minimum atomic E-state index is -4.60. The van der Waals surface area contributed by atoms with Crippen molar-refractivity contribution in [2.75, 3.05) is 0 Å². The first-order chi connectivity index (χ1) is 10.7. The number of hydrogen-bond donors (Lipinski definition) is 5. The third kappa shape index (κ3) is 4.53. The van der Waals surface area contributed by atoms with E-state index in [-0.39, 0.29) is 17.4 Å². The van der Waals surface area contributed by atoms with Gasteiger partial charge in [-0.15, -0.1) is 0 Å². The van der Waals surface area contributed by atoms with Crippen molar-refractivity contribution in [2.45, 2.75) is 18.9 Å². The van der Waals surface area contributed by atoms with Crippen LogP contribution in [0.25, 0.3) is 0 Å². The van der Waals surface area contributed by atoms with E-state index in [1.54, 1.807) is 19.1 Å². The highest BCUT2D eigenvalue weighted by atomic mass is 31.2. The first-order valence-electron chi connectivity index (χ1n) is 6.92. The van der Waals surface area contributed by atoms with Crippen molar-refractivity contribution in [1.29, 1.82) is 0 Å². The van der Waals surface area contributed by atoms with Gasteiger partial charge < -0.3 is 20.0 Å². The number of aliphatic hydroxyl groups excluding tert-OH is 1. The van der Waals surface area contributed by atoms with Crippen LogP contribution in [0.1, 0.15) is 18.4 Å². The van der Waals surface area contributed by atoms with Gasteiger partial charge in [-0.2, -0.15) is 0 Å².